The molecule has 0 aliphatic heterocycles. The molecule has 1 unspecified atom stereocenters. The molecular weight excluding hydrogens is 176 g/mol. The van der Waals surface area contributed by atoms with Crippen LogP contribution in [0.25, 0.3) is 0 Å². The molecule has 0 amide bonds. The molecule has 6 N–H and O–H groups in total. The summed E-state index contributed by atoms with van der Waals surface area (Å²) in [5.41, 5.74) is 10.4. The van der Waals surface area contributed by atoms with Gasteiger partial charge in [0.15, 0.2) is 0 Å². The van der Waals surface area contributed by atoms with Crippen molar-refractivity contribution in [2.24, 2.45) is 11.5 Å². The van der Waals surface area contributed by atoms with Crippen molar-refractivity contribution >= 4 is 11.9 Å². The molecule has 0 fully saturated rings. The molecule has 0 bridgehead atoms. The molecule has 0 aromatic carbocycles. The molecular formula is C7H14N2O4. The highest BCUT2D eigenvalue weighted by molar-refractivity contribution is 5.73. The molecule has 13 heavy (non-hydrogen) atoms. The van der Waals surface area contributed by atoms with Crippen molar-refractivity contribution in [2.75, 3.05) is 0 Å². The number of carbonyl (C=O) groups is 2. The Hall–Kier alpha value is -1.14. The van der Waals surface area contributed by atoms with Crippen LogP contribution in [-0.2, 0) is 9.59 Å². The highest BCUT2D eigenvalue weighted by Crippen LogP contribution is 2.01. The summed E-state index contributed by atoms with van der Waals surface area (Å²) in [7, 11) is 0. The normalized spacial score (nSPS) is 14.9. The number of nitrogens with two attached hydrogens (primary N) is 2. The van der Waals surface area contributed by atoms with E-state index in [1.54, 1.807) is 0 Å². The van der Waals surface area contributed by atoms with Crippen LogP contribution in [0.3, 0.4) is 0 Å². The highest BCUT2D eigenvalue weighted by Gasteiger charge is 2.14. The number of carboxylic acid groups (broad SMARTS) is 2. The highest BCUT2D eigenvalue weighted by atomic mass is 16.4. The molecule has 0 heterocycles. The lowest BCUT2D eigenvalue weighted by Crippen LogP contribution is -2.33. The molecule has 0 aliphatic rings. The zero-order valence-corrected chi connectivity index (χ0v) is 7.14. The minimum atomic E-state index is -1.08. The summed E-state index contributed by atoms with van der Waals surface area (Å²) in [5.74, 6) is -2.16. The van der Waals surface area contributed by atoms with Gasteiger partial charge in [-0.15, -0.1) is 0 Å². The van der Waals surface area contributed by atoms with Gasteiger partial charge in [-0.25, -0.2) is 0 Å². The standard InChI is InChI=1S/C7H14N2O4/c8-4(6(10)11)2-1-3-5(9)7(12)13/h4-5H,1-3,8-9H2,(H,10,11)(H,12,13)/t4-,5?/m1/s1. The van der Waals surface area contributed by atoms with Gasteiger partial charge in [-0.2, -0.15) is 0 Å². The van der Waals surface area contributed by atoms with Gasteiger partial charge in [0.25, 0.3) is 0 Å². The molecule has 6 heteroatoms. The summed E-state index contributed by atoms with van der Waals surface area (Å²) < 4.78 is 0. The molecule has 0 spiro atoms. The Morgan fingerprint density at radius 1 is 1.00 bits per heavy atom. The first kappa shape index (κ1) is 11.9. The Bertz CT molecular complexity index is 175. The lowest BCUT2D eigenvalue weighted by atomic mass is 10.1. The summed E-state index contributed by atoms with van der Waals surface area (Å²) in [5, 5.41) is 16.8. The van der Waals surface area contributed by atoms with Gasteiger partial charge in [-0.05, 0) is 19.3 Å². The summed E-state index contributed by atoms with van der Waals surface area (Å²) in [6, 6.07) is -1.86. The molecule has 0 aromatic rings. The van der Waals surface area contributed by atoms with Gasteiger partial charge in [0.1, 0.15) is 12.1 Å². The summed E-state index contributed by atoms with van der Waals surface area (Å²) >= 11 is 0. The van der Waals surface area contributed by atoms with Crippen LogP contribution in [0.1, 0.15) is 19.3 Å². The Kier molecular flexibility index (Phi) is 5.01. The molecule has 2 atom stereocenters. The van der Waals surface area contributed by atoms with Crippen molar-refractivity contribution in [1.29, 1.82) is 0 Å². The Balaban J connectivity index is 3.56. The molecule has 0 rings (SSSR count). The van der Waals surface area contributed by atoms with E-state index in [-0.39, 0.29) is 12.8 Å². The minimum Gasteiger partial charge on any atom is -0.480 e. The van der Waals surface area contributed by atoms with Crippen LogP contribution in [0.5, 0.6) is 0 Å². The van der Waals surface area contributed by atoms with E-state index < -0.39 is 24.0 Å². The fourth-order valence-electron chi connectivity index (χ4n) is 0.805. The van der Waals surface area contributed by atoms with Crippen molar-refractivity contribution in [3.63, 3.8) is 0 Å². The molecule has 0 aromatic heterocycles. The van der Waals surface area contributed by atoms with Crippen molar-refractivity contribution in [2.45, 2.75) is 31.3 Å². The first-order valence-corrected chi connectivity index (χ1v) is 3.92. The fraction of sp³-hybridized carbons (Fsp3) is 0.714. The molecule has 76 valence electrons. The first-order chi connectivity index (χ1) is 5.95. The van der Waals surface area contributed by atoms with E-state index >= 15 is 0 Å². The third-order valence-electron chi connectivity index (χ3n) is 1.66. The van der Waals surface area contributed by atoms with Gasteiger partial charge in [-0.1, -0.05) is 0 Å². The largest absolute Gasteiger partial charge is 0.480 e. The van der Waals surface area contributed by atoms with Crippen molar-refractivity contribution in [3.05, 3.63) is 0 Å². The molecule has 6 nitrogen and oxygen atoms in total. The van der Waals surface area contributed by atoms with Crippen molar-refractivity contribution in [1.82, 2.24) is 0 Å². The van der Waals surface area contributed by atoms with Crippen LogP contribution in [-0.4, -0.2) is 34.2 Å². The maximum Gasteiger partial charge on any atom is 0.320 e. The second-order valence-electron chi connectivity index (χ2n) is 2.82. The van der Waals surface area contributed by atoms with E-state index in [1.807, 2.05) is 0 Å². The van der Waals surface area contributed by atoms with E-state index in [9.17, 15) is 9.59 Å². The summed E-state index contributed by atoms with van der Waals surface area (Å²) in [4.78, 5) is 20.5. The number of hydrogen-bond donors (Lipinski definition) is 4. The van der Waals surface area contributed by atoms with Crippen LogP contribution in [0.2, 0.25) is 0 Å². The third-order valence-corrected chi connectivity index (χ3v) is 1.66. The fourth-order valence-corrected chi connectivity index (χ4v) is 0.805. The number of hydrogen-bond acceptors (Lipinski definition) is 4. The summed E-state index contributed by atoms with van der Waals surface area (Å²) in [6.07, 6.45) is 0.896. The van der Waals surface area contributed by atoms with Crippen LogP contribution >= 0.6 is 0 Å². The molecule has 0 radical (unpaired) electrons. The molecule has 0 saturated heterocycles. The van der Waals surface area contributed by atoms with Gasteiger partial charge in [0.2, 0.25) is 0 Å². The van der Waals surface area contributed by atoms with E-state index in [0.29, 0.717) is 6.42 Å². The van der Waals surface area contributed by atoms with Crippen LogP contribution in [0.15, 0.2) is 0 Å². The summed E-state index contributed by atoms with van der Waals surface area (Å²) in [6.45, 7) is 0. The monoisotopic (exact) mass is 190 g/mol. The van der Waals surface area contributed by atoms with Gasteiger partial charge < -0.3 is 21.7 Å². The van der Waals surface area contributed by atoms with Crippen molar-refractivity contribution in [3.8, 4) is 0 Å². The quantitative estimate of drug-likeness (QED) is 0.424. The Morgan fingerprint density at radius 3 is 1.54 bits per heavy atom. The Labute approximate surface area is 75.5 Å². The SMILES string of the molecule is NC(CCC[C@@H](N)C(=O)O)C(=O)O. The average molecular weight is 190 g/mol. The van der Waals surface area contributed by atoms with E-state index in [1.165, 1.54) is 0 Å². The van der Waals surface area contributed by atoms with Crippen LogP contribution in [0.4, 0.5) is 0 Å². The number of rotatable bonds is 6. The molecule has 0 aliphatic carbocycles. The predicted octanol–water partition coefficient (Wildman–Crippen LogP) is -1.02. The Morgan fingerprint density at radius 2 is 1.31 bits per heavy atom. The van der Waals surface area contributed by atoms with Crippen molar-refractivity contribution < 1.29 is 19.8 Å². The van der Waals surface area contributed by atoms with E-state index in [4.69, 9.17) is 21.7 Å². The zero-order chi connectivity index (χ0) is 10.4. The third kappa shape index (κ3) is 5.15. The van der Waals surface area contributed by atoms with E-state index in [0.717, 1.165) is 0 Å². The number of carboxylic acids is 2. The second kappa shape index (κ2) is 5.50. The maximum atomic E-state index is 10.2. The van der Waals surface area contributed by atoms with Gasteiger partial charge in [0.05, 0.1) is 0 Å². The smallest absolute Gasteiger partial charge is 0.320 e. The maximum absolute atomic E-state index is 10.2. The van der Waals surface area contributed by atoms with E-state index in [2.05, 4.69) is 0 Å². The molecule has 0 saturated carbocycles. The topological polar surface area (TPSA) is 127 Å². The van der Waals surface area contributed by atoms with Crippen LogP contribution in [0, 0.1) is 0 Å². The second-order valence-corrected chi connectivity index (χ2v) is 2.82. The first-order valence-electron chi connectivity index (χ1n) is 3.92. The van der Waals surface area contributed by atoms with Gasteiger partial charge in [-0.3, -0.25) is 9.59 Å². The number of aliphatic carboxylic acids is 2. The zero-order valence-electron chi connectivity index (χ0n) is 7.14. The lowest BCUT2D eigenvalue weighted by molar-refractivity contribution is -0.139. The average Bonchev–Trinajstić information content (AvgIpc) is 2.03. The lowest BCUT2D eigenvalue weighted by Gasteiger charge is -2.07. The van der Waals surface area contributed by atoms with Gasteiger partial charge >= 0.3 is 11.9 Å². The minimum absolute atomic E-state index is 0.246. The predicted molar refractivity (Wildman–Crippen MR) is 45.1 cm³/mol. The van der Waals surface area contributed by atoms with Crippen LogP contribution < -0.4 is 11.5 Å². The van der Waals surface area contributed by atoms with Gasteiger partial charge in [0, 0.05) is 0 Å².